The largest absolute Gasteiger partial charge is 0.385 e. The minimum absolute atomic E-state index is 0.0951. The second kappa shape index (κ2) is 8.87. The fourth-order valence-corrected chi connectivity index (χ4v) is 2.94. The van der Waals surface area contributed by atoms with Crippen LogP contribution in [0.4, 0.5) is 0 Å². The van der Waals surface area contributed by atoms with Crippen LogP contribution in [0.1, 0.15) is 30.6 Å². The molecule has 1 aromatic rings. The van der Waals surface area contributed by atoms with Crippen molar-refractivity contribution in [2.24, 2.45) is 5.92 Å². The maximum atomic E-state index is 12.2. The van der Waals surface area contributed by atoms with Gasteiger partial charge in [0.2, 0.25) is 10.0 Å². The second-order valence-electron chi connectivity index (χ2n) is 5.38. The summed E-state index contributed by atoms with van der Waals surface area (Å²) < 4.78 is 31.7. The third-order valence-corrected chi connectivity index (χ3v) is 4.32. The van der Waals surface area contributed by atoms with Crippen molar-refractivity contribution in [1.29, 1.82) is 0 Å². The van der Waals surface area contributed by atoms with Gasteiger partial charge in [0.15, 0.2) is 0 Å². The predicted octanol–water partition coefficient (Wildman–Crippen LogP) is 1.39. The van der Waals surface area contributed by atoms with E-state index in [1.165, 1.54) is 12.1 Å². The number of hydrogen-bond acceptors (Lipinski definition) is 4. The zero-order chi connectivity index (χ0) is 16.6. The highest BCUT2D eigenvalue weighted by Gasteiger charge is 2.16. The number of hydrogen-bond donors (Lipinski definition) is 2. The number of sulfonamides is 1. The normalized spacial score (nSPS) is 11.6. The van der Waals surface area contributed by atoms with E-state index < -0.39 is 10.0 Å². The first-order valence-corrected chi connectivity index (χ1v) is 8.72. The maximum absolute atomic E-state index is 12.2. The number of methoxy groups -OCH3 is 1. The summed E-state index contributed by atoms with van der Waals surface area (Å²) in [6.45, 7) is 5.25. The highest BCUT2D eigenvalue weighted by Crippen LogP contribution is 2.12. The molecule has 0 aliphatic rings. The molecule has 0 spiro atoms. The van der Waals surface area contributed by atoms with Crippen LogP contribution in [0.25, 0.3) is 0 Å². The molecule has 0 atom stereocenters. The topological polar surface area (TPSA) is 84.5 Å². The summed E-state index contributed by atoms with van der Waals surface area (Å²) in [6, 6.07) is 6.01. The van der Waals surface area contributed by atoms with E-state index in [4.69, 9.17) is 4.74 Å². The maximum Gasteiger partial charge on any atom is 0.251 e. The average Bonchev–Trinajstić information content (AvgIpc) is 2.49. The van der Waals surface area contributed by atoms with E-state index in [1.54, 1.807) is 19.2 Å². The Balaban J connectivity index is 2.74. The van der Waals surface area contributed by atoms with Crippen molar-refractivity contribution >= 4 is 15.9 Å². The Hall–Kier alpha value is -1.44. The molecule has 7 heteroatoms. The van der Waals surface area contributed by atoms with Crippen molar-refractivity contribution in [3.8, 4) is 0 Å². The Morgan fingerprint density at radius 3 is 2.68 bits per heavy atom. The van der Waals surface area contributed by atoms with Gasteiger partial charge in [-0.15, -0.1) is 0 Å². The van der Waals surface area contributed by atoms with Crippen molar-refractivity contribution in [2.45, 2.75) is 25.2 Å². The first-order chi connectivity index (χ1) is 10.4. The lowest BCUT2D eigenvalue weighted by atomic mass is 10.2. The quantitative estimate of drug-likeness (QED) is 0.671. The molecular formula is C15H24N2O4S. The molecule has 0 aliphatic carbocycles. The van der Waals surface area contributed by atoms with E-state index in [2.05, 4.69) is 10.0 Å². The molecule has 2 N–H and O–H groups in total. The minimum Gasteiger partial charge on any atom is -0.385 e. The minimum atomic E-state index is -3.59. The number of amides is 1. The molecule has 0 aromatic heterocycles. The third kappa shape index (κ3) is 6.13. The molecule has 0 aliphatic heterocycles. The van der Waals surface area contributed by atoms with Gasteiger partial charge in [0.1, 0.15) is 0 Å². The summed E-state index contributed by atoms with van der Waals surface area (Å²) in [5.74, 6) is -0.0842. The van der Waals surface area contributed by atoms with Crippen molar-refractivity contribution in [3.05, 3.63) is 29.8 Å². The second-order valence-corrected chi connectivity index (χ2v) is 7.14. The van der Waals surface area contributed by atoms with Gasteiger partial charge in [0.25, 0.3) is 5.91 Å². The number of carbonyl (C=O) groups is 1. The Labute approximate surface area is 132 Å². The van der Waals surface area contributed by atoms with Gasteiger partial charge in [-0.3, -0.25) is 4.79 Å². The molecule has 0 bridgehead atoms. The monoisotopic (exact) mass is 328 g/mol. The van der Waals surface area contributed by atoms with Gasteiger partial charge in [-0.05, 0) is 30.5 Å². The van der Waals surface area contributed by atoms with Gasteiger partial charge < -0.3 is 10.1 Å². The molecule has 6 nitrogen and oxygen atoms in total. The van der Waals surface area contributed by atoms with Crippen LogP contribution in [0.5, 0.6) is 0 Å². The number of ether oxygens (including phenoxy) is 1. The van der Waals surface area contributed by atoms with Gasteiger partial charge in [0, 0.05) is 32.4 Å². The molecule has 0 saturated carbocycles. The van der Waals surface area contributed by atoms with Crippen molar-refractivity contribution < 1.29 is 17.9 Å². The first kappa shape index (κ1) is 18.6. The molecule has 0 radical (unpaired) electrons. The Morgan fingerprint density at radius 1 is 1.32 bits per heavy atom. The zero-order valence-electron chi connectivity index (χ0n) is 13.3. The van der Waals surface area contributed by atoms with Crippen molar-refractivity contribution in [3.63, 3.8) is 0 Å². The fourth-order valence-electron chi connectivity index (χ4n) is 1.68. The van der Waals surface area contributed by atoms with Crippen LogP contribution in [0.2, 0.25) is 0 Å². The molecular weight excluding hydrogens is 304 g/mol. The van der Waals surface area contributed by atoms with Crippen LogP contribution in [0.15, 0.2) is 29.2 Å². The lowest BCUT2D eigenvalue weighted by molar-refractivity contribution is 0.0948. The molecule has 1 rings (SSSR count). The smallest absolute Gasteiger partial charge is 0.251 e. The van der Waals surface area contributed by atoms with Crippen LogP contribution in [0, 0.1) is 5.92 Å². The molecule has 22 heavy (non-hydrogen) atoms. The van der Waals surface area contributed by atoms with Crippen LogP contribution < -0.4 is 10.0 Å². The number of carbonyl (C=O) groups excluding carboxylic acids is 1. The summed E-state index contributed by atoms with van der Waals surface area (Å²) in [5.41, 5.74) is 0.324. The molecule has 0 saturated heterocycles. The Bertz CT molecular complexity index is 585. The standard InChI is InChI=1S/C15H24N2O4S/c1-12(2)11-17-22(19,20)14-7-4-6-13(10-14)15(18)16-8-5-9-21-3/h4,6-7,10,12,17H,5,8-9,11H2,1-3H3,(H,16,18). The highest BCUT2D eigenvalue weighted by atomic mass is 32.2. The molecule has 124 valence electrons. The fraction of sp³-hybridized carbons (Fsp3) is 0.533. The van der Waals surface area contributed by atoms with Gasteiger partial charge in [-0.2, -0.15) is 0 Å². The average molecular weight is 328 g/mol. The summed E-state index contributed by atoms with van der Waals surface area (Å²) in [7, 11) is -1.99. The van der Waals surface area contributed by atoms with Gasteiger partial charge >= 0.3 is 0 Å². The lowest BCUT2D eigenvalue weighted by Gasteiger charge is -2.10. The molecule has 0 heterocycles. The number of rotatable bonds is 9. The van der Waals surface area contributed by atoms with E-state index in [9.17, 15) is 13.2 Å². The summed E-state index contributed by atoms with van der Waals surface area (Å²) >= 11 is 0. The van der Waals surface area contributed by atoms with Gasteiger partial charge in [0.05, 0.1) is 4.90 Å². The van der Waals surface area contributed by atoms with Gasteiger partial charge in [-0.1, -0.05) is 19.9 Å². The van der Waals surface area contributed by atoms with E-state index in [-0.39, 0.29) is 16.7 Å². The van der Waals surface area contributed by atoms with Crippen molar-refractivity contribution in [2.75, 3.05) is 26.8 Å². The van der Waals surface area contributed by atoms with Crippen LogP contribution in [0.3, 0.4) is 0 Å². The van der Waals surface area contributed by atoms with Crippen LogP contribution in [-0.2, 0) is 14.8 Å². The highest BCUT2D eigenvalue weighted by molar-refractivity contribution is 7.89. The van der Waals surface area contributed by atoms with Crippen LogP contribution in [-0.4, -0.2) is 41.1 Å². The Morgan fingerprint density at radius 2 is 2.05 bits per heavy atom. The van der Waals surface area contributed by atoms with E-state index >= 15 is 0 Å². The van der Waals surface area contributed by atoms with Crippen LogP contribution >= 0.6 is 0 Å². The molecule has 0 unspecified atom stereocenters. The molecule has 1 aromatic carbocycles. The summed E-state index contributed by atoms with van der Waals surface area (Å²) in [6.07, 6.45) is 0.705. The van der Waals surface area contributed by atoms with E-state index in [0.717, 1.165) is 0 Å². The zero-order valence-corrected chi connectivity index (χ0v) is 14.1. The molecule has 1 amide bonds. The number of benzene rings is 1. The first-order valence-electron chi connectivity index (χ1n) is 7.23. The van der Waals surface area contributed by atoms with Crippen molar-refractivity contribution in [1.82, 2.24) is 10.0 Å². The third-order valence-electron chi connectivity index (χ3n) is 2.90. The SMILES string of the molecule is COCCCNC(=O)c1cccc(S(=O)(=O)NCC(C)C)c1. The van der Waals surface area contributed by atoms with E-state index in [0.29, 0.717) is 31.7 Å². The summed E-state index contributed by atoms with van der Waals surface area (Å²) in [4.78, 5) is 12.1. The van der Waals surface area contributed by atoms with Gasteiger partial charge in [-0.25, -0.2) is 13.1 Å². The Kier molecular flexibility index (Phi) is 7.50. The summed E-state index contributed by atoms with van der Waals surface area (Å²) in [5, 5.41) is 2.73. The van der Waals surface area contributed by atoms with E-state index in [1.807, 2.05) is 13.8 Å². The predicted molar refractivity (Wildman–Crippen MR) is 85.3 cm³/mol. The molecule has 0 fully saturated rings. The number of nitrogens with one attached hydrogen (secondary N) is 2. The lowest BCUT2D eigenvalue weighted by Crippen LogP contribution is -2.28.